The van der Waals surface area contributed by atoms with Crippen LogP contribution in [0.5, 0.6) is 0 Å². The van der Waals surface area contributed by atoms with Crippen LogP contribution in [-0.2, 0) is 9.53 Å². The second kappa shape index (κ2) is 10.4. The van der Waals surface area contributed by atoms with Crippen molar-refractivity contribution in [2.75, 3.05) is 26.2 Å². The number of benzene rings is 2. The summed E-state index contributed by atoms with van der Waals surface area (Å²) in [6.07, 6.45) is 3.59. The molecule has 0 spiro atoms. The number of hydrogen-bond acceptors (Lipinski definition) is 5. The molecule has 0 aliphatic carbocycles. The Morgan fingerprint density at radius 3 is 2.89 bits per heavy atom. The van der Waals surface area contributed by atoms with E-state index in [1.807, 2.05) is 28.8 Å². The highest BCUT2D eigenvalue weighted by molar-refractivity contribution is 7.23. The Labute approximate surface area is 222 Å². The fourth-order valence-electron chi connectivity index (χ4n) is 5.20. The number of piperidine rings is 1. The second-order valence-electron chi connectivity index (χ2n) is 9.88. The highest BCUT2D eigenvalue weighted by Gasteiger charge is 2.25. The van der Waals surface area contributed by atoms with Gasteiger partial charge in [-0.3, -0.25) is 14.0 Å². The number of rotatable bonds is 7. The van der Waals surface area contributed by atoms with Gasteiger partial charge in [0.05, 0.1) is 28.4 Å². The summed E-state index contributed by atoms with van der Waals surface area (Å²) in [6, 6.07) is 10.7. The molecule has 2 aliphatic rings. The van der Waals surface area contributed by atoms with E-state index in [0.717, 1.165) is 33.6 Å². The number of hydrogen-bond donors (Lipinski definition) is 1. The first-order valence-electron chi connectivity index (χ1n) is 13.0. The van der Waals surface area contributed by atoms with E-state index in [-0.39, 0.29) is 30.2 Å². The van der Waals surface area contributed by atoms with E-state index in [4.69, 9.17) is 4.74 Å². The first kappa shape index (κ1) is 24.9. The quantitative estimate of drug-likeness (QED) is 0.325. The molecule has 0 radical (unpaired) electrons. The van der Waals surface area contributed by atoms with E-state index in [1.54, 1.807) is 23.1 Å². The first-order valence-corrected chi connectivity index (χ1v) is 13.8. The molecule has 1 unspecified atom stereocenters. The number of nitrogens with zero attached hydrogens (tertiary/aromatic N) is 3. The van der Waals surface area contributed by atoms with Crippen molar-refractivity contribution in [3.63, 3.8) is 0 Å². The minimum Gasteiger partial charge on any atom is -0.374 e. The molecule has 38 heavy (non-hydrogen) atoms. The molecule has 2 aromatic heterocycles. The van der Waals surface area contributed by atoms with Crippen LogP contribution in [0.15, 0.2) is 42.6 Å². The van der Waals surface area contributed by atoms with Gasteiger partial charge < -0.3 is 15.0 Å². The van der Waals surface area contributed by atoms with E-state index in [0.29, 0.717) is 55.9 Å². The lowest BCUT2D eigenvalue weighted by Crippen LogP contribution is -2.41. The largest absolute Gasteiger partial charge is 0.374 e. The number of imidazole rings is 1. The third-order valence-electron chi connectivity index (χ3n) is 7.28. The lowest BCUT2D eigenvalue weighted by Gasteiger charge is -2.28. The number of alkyl halides is 1. The van der Waals surface area contributed by atoms with Crippen LogP contribution in [0.25, 0.3) is 26.4 Å². The molecule has 2 amide bonds. The second-order valence-corrected chi connectivity index (χ2v) is 10.9. The van der Waals surface area contributed by atoms with Gasteiger partial charge in [0.2, 0.25) is 5.91 Å². The lowest BCUT2D eigenvalue weighted by atomic mass is 10.0. The Hall–Kier alpha value is -3.37. The van der Waals surface area contributed by atoms with Crippen LogP contribution in [0.4, 0.5) is 8.78 Å². The Balaban J connectivity index is 1.12. The number of ether oxygens (including phenoxy) is 1. The van der Waals surface area contributed by atoms with Gasteiger partial charge in [0.25, 0.3) is 5.91 Å². The van der Waals surface area contributed by atoms with Crippen molar-refractivity contribution in [2.24, 2.45) is 0 Å². The average molecular weight is 539 g/mol. The summed E-state index contributed by atoms with van der Waals surface area (Å²) in [5, 5.41) is 2.90. The SMILES string of the molecule is O=C(NCCCN1CCC(F)CC1=O)c1ccc2c(c1)sc1nc(-c3ccc([C@H]4CCCO4)cc3F)cn12. The third kappa shape index (κ3) is 4.90. The van der Waals surface area contributed by atoms with Crippen LogP contribution in [0.3, 0.4) is 0 Å². The lowest BCUT2D eigenvalue weighted by molar-refractivity contribution is -0.135. The van der Waals surface area contributed by atoms with Crippen molar-refractivity contribution in [2.45, 2.75) is 44.4 Å². The van der Waals surface area contributed by atoms with E-state index in [9.17, 15) is 18.4 Å². The van der Waals surface area contributed by atoms with Crippen LogP contribution in [0.2, 0.25) is 0 Å². The van der Waals surface area contributed by atoms with Gasteiger partial charge >= 0.3 is 0 Å². The van der Waals surface area contributed by atoms with Crippen LogP contribution in [-0.4, -0.2) is 58.5 Å². The molecule has 1 N–H and O–H groups in total. The van der Waals surface area contributed by atoms with Gasteiger partial charge in [-0.05, 0) is 61.6 Å². The van der Waals surface area contributed by atoms with Crippen LogP contribution >= 0.6 is 11.3 Å². The number of carbonyl (C=O) groups excluding carboxylic acids is 2. The maximum Gasteiger partial charge on any atom is 0.251 e. The van der Waals surface area contributed by atoms with Gasteiger partial charge in [-0.1, -0.05) is 17.4 Å². The molecule has 0 saturated carbocycles. The normalized spacial score (nSPS) is 20.1. The number of fused-ring (bicyclic) bond motifs is 3. The maximum absolute atomic E-state index is 15.0. The van der Waals surface area contributed by atoms with Crippen molar-refractivity contribution in [3.05, 3.63) is 59.5 Å². The number of halogens is 2. The monoisotopic (exact) mass is 538 g/mol. The highest BCUT2D eigenvalue weighted by atomic mass is 32.1. The van der Waals surface area contributed by atoms with E-state index in [2.05, 4.69) is 10.3 Å². The van der Waals surface area contributed by atoms with Crippen LogP contribution in [0.1, 0.15) is 54.1 Å². The van der Waals surface area contributed by atoms with E-state index in [1.165, 1.54) is 11.3 Å². The summed E-state index contributed by atoms with van der Waals surface area (Å²) in [6.45, 7) is 2.08. The Morgan fingerprint density at radius 2 is 2.11 bits per heavy atom. The molecule has 7 nitrogen and oxygen atoms in total. The fourth-order valence-corrected chi connectivity index (χ4v) is 6.25. The molecule has 0 bridgehead atoms. The minimum atomic E-state index is -1.04. The number of thiazole rings is 1. The van der Waals surface area contributed by atoms with Crippen molar-refractivity contribution in [3.8, 4) is 11.3 Å². The molecule has 10 heteroatoms. The summed E-state index contributed by atoms with van der Waals surface area (Å²) in [7, 11) is 0. The number of likely N-dealkylation sites (tertiary alicyclic amines) is 1. The van der Waals surface area contributed by atoms with Gasteiger partial charge in [-0.2, -0.15) is 0 Å². The summed E-state index contributed by atoms with van der Waals surface area (Å²) in [5.41, 5.74) is 3.29. The molecule has 2 aromatic carbocycles. The predicted molar refractivity (Wildman–Crippen MR) is 142 cm³/mol. The summed E-state index contributed by atoms with van der Waals surface area (Å²) >= 11 is 1.44. The zero-order valence-electron chi connectivity index (χ0n) is 20.8. The Bertz CT molecular complexity index is 1510. The molecule has 2 saturated heterocycles. The topological polar surface area (TPSA) is 75.9 Å². The zero-order chi connectivity index (χ0) is 26.2. The molecule has 6 rings (SSSR count). The summed E-state index contributed by atoms with van der Waals surface area (Å²) in [4.78, 5) is 31.6. The third-order valence-corrected chi connectivity index (χ3v) is 8.30. The van der Waals surface area contributed by atoms with E-state index >= 15 is 0 Å². The molecule has 2 aliphatic heterocycles. The van der Waals surface area contributed by atoms with Crippen molar-refractivity contribution < 1.29 is 23.1 Å². The fraction of sp³-hybridized carbons (Fsp3) is 0.393. The maximum atomic E-state index is 15.0. The summed E-state index contributed by atoms with van der Waals surface area (Å²) in [5.74, 6) is -0.672. The Kier molecular flexibility index (Phi) is 6.84. The summed E-state index contributed by atoms with van der Waals surface area (Å²) < 4.78 is 36.8. The van der Waals surface area contributed by atoms with Crippen molar-refractivity contribution >= 4 is 38.3 Å². The molecule has 198 valence electrons. The van der Waals surface area contributed by atoms with E-state index < -0.39 is 6.17 Å². The van der Waals surface area contributed by atoms with Crippen molar-refractivity contribution in [1.29, 1.82) is 0 Å². The zero-order valence-corrected chi connectivity index (χ0v) is 21.6. The average Bonchev–Trinajstić information content (AvgIpc) is 3.64. The van der Waals surface area contributed by atoms with Gasteiger partial charge in [0.15, 0.2) is 4.96 Å². The molecule has 4 heterocycles. The van der Waals surface area contributed by atoms with Gasteiger partial charge in [0, 0.05) is 43.6 Å². The van der Waals surface area contributed by atoms with Crippen LogP contribution < -0.4 is 5.32 Å². The van der Waals surface area contributed by atoms with Gasteiger partial charge in [-0.15, -0.1) is 0 Å². The molecule has 4 aromatic rings. The highest BCUT2D eigenvalue weighted by Crippen LogP contribution is 2.34. The number of aromatic nitrogens is 2. The molecular weight excluding hydrogens is 510 g/mol. The van der Waals surface area contributed by atoms with Gasteiger partial charge in [0.1, 0.15) is 12.0 Å². The minimum absolute atomic E-state index is 0.0382. The first-order chi connectivity index (χ1) is 18.5. The number of amides is 2. The van der Waals surface area contributed by atoms with Crippen LogP contribution in [0, 0.1) is 5.82 Å². The number of nitrogens with one attached hydrogen (secondary N) is 1. The smallest absolute Gasteiger partial charge is 0.251 e. The molecular formula is C28H28F2N4O3S. The number of carbonyl (C=O) groups is 2. The standard InChI is InChI=1S/C28H28F2N4O3S/c29-19-8-11-33(26(35)15-19)10-2-9-31-27(36)18-5-7-23-25(14-18)38-28-32-22(16-34(23)28)20-6-4-17(13-21(20)30)24-3-1-12-37-24/h4-7,13-14,16,19,24H,1-3,8-12,15H2,(H,31,36)/t19?,24-/m1/s1. The van der Waals surface area contributed by atoms with Gasteiger partial charge in [-0.25, -0.2) is 13.8 Å². The van der Waals surface area contributed by atoms with Crippen molar-refractivity contribution in [1.82, 2.24) is 19.6 Å². The predicted octanol–water partition coefficient (Wildman–Crippen LogP) is 5.29. The Morgan fingerprint density at radius 1 is 1.21 bits per heavy atom. The molecule has 2 fully saturated rings. The molecule has 2 atom stereocenters.